The SMILES string of the molecule is CC(COCC(O)CN1CC1C)OCC(COC(C)COCC(O)CN1CC1C)OC(C)COC(O)CN1CC1C. The minimum absolute atomic E-state index is 0.191. The number of aliphatic hydroxyl groups excluding tert-OH is 3. The van der Waals surface area contributed by atoms with Crippen molar-refractivity contribution in [3.63, 3.8) is 0 Å². The van der Waals surface area contributed by atoms with E-state index in [1.807, 2.05) is 20.8 Å². The molecule has 3 saturated heterocycles. The first kappa shape index (κ1) is 35.0. The van der Waals surface area contributed by atoms with E-state index in [-0.39, 0.29) is 57.5 Å². The molecule has 12 unspecified atom stereocenters. The topological polar surface area (TPSA) is 125 Å². The van der Waals surface area contributed by atoms with Crippen molar-refractivity contribution in [3.8, 4) is 0 Å². The summed E-state index contributed by atoms with van der Waals surface area (Å²) < 4.78 is 35.1. The summed E-state index contributed by atoms with van der Waals surface area (Å²) in [5.41, 5.74) is 0. The van der Waals surface area contributed by atoms with E-state index in [2.05, 4.69) is 35.5 Å². The van der Waals surface area contributed by atoms with E-state index < -0.39 is 18.5 Å². The maximum Gasteiger partial charge on any atom is 0.167 e. The van der Waals surface area contributed by atoms with Crippen LogP contribution >= 0.6 is 0 Å². The van der Waals surface area contributed by atoms with Gasteiger partial charge in [0.05, 0.1) is 76.8 Å². The Bertz CT molecular complexity index is 685. The molecule has 12 atom stereocenters. The lowest BCUT2D eigenvalue weighted by molar-refractivity contribution is -0.162. The Kier molecular flexibility index (Phi) is 15.1. The summed E-state index contributed by atoms with van der Waals surface area (Å²) in [5, 5.41) is 30.4. The Morgan fingerprint density at radius 1 is 0.561 bits per heavy atom. The molecule has 0 aromatic heterocycles. The monoisotopic (exact) mass is 591 g/mol. The van der Waals surface area contributed by atoms with Crippen LogP contribution in [0.25, 0.3) is 0 Å². The van der Waals surface area contributed by atoms with E-state index in [4.69, 9.17) is 28.4 Å². The van der Waals surface area contributed by atoms with Gasteiger partial charge in [-0.05, 0) is 41.5 Å². The van der Waals surface area contributed by atoms with Gasteiger partial charge in [-0.15, -0.1) is 0 Å². The first-order valence-corrected chi connectivity index (χ1v) is 15.4. The van der Waals surface area contributed by atoms with Gasteiger partial charge in [-0.2, -0.15) is 0 Å². The van der Waals surface area contributed by atoms with Gasteiger partial charge in [0, 0.05) is 57.4 Å². The molecule has 3 N–H and O–H groups in total. The highest BCUT2D eigenvalue weighted by Gasteiger charge is 2.32. The molecule has 0 saturated carbocycles. The molecule has 0 radical (unpaired) electrons. The fourth-order valence-electron chi connectivity index (χ4n) is 4.66. The molecule has 0 aromatic rings. The molecule has 12 nitrogen and oxygen atoms in total. The van der Waals surface area contributed by atoms with Crippen LogP contribution in [-0.4, -0.2) is 177 Å². The minimum Gasteiger partial charge on any atom is -0.389 e. The Morgan fingerprint density at radius 3 is 1.39 bits per heavy atom. The molecule has 3 rings (SSSR count). The van der Waals surface area contributed by atoms with E-state index in [0.717, 1.165) is 19.6 Å². The van der Waals surface area contributed by atoms with Crippen LogP contribution in [0.1, 0.15) is 41.5 Å². The molecule has 3 aliphatic rings. The van der Waals surface area contributed by atoms with Gasteiger partial charge in [0.25, 0.3) is 0 Å². The number of aliphatic hydroxyl groups is 3. The van der Waals surface area contributed by atoms with Crippen molar-refractivity contribution in [1.82, 2.24) is 14.7 Å². The van der Waals surface area contributed by atoms with Crippen LogP contribution in [-0.2, 0) is 28.4 Å². The van der Waals surface area contributed by atoms with E-state index in [9.17, 15) is 15.3 Å². The van der Waals surface area contributed by atoms with Crippen LogP contribution in [0.4, 0.5) is 0 Å². The van der Waals surface area contributed by atoms with Crippen LogP contribution < -0.4 is 0 Å². The average Bonchev–Trinajstić information content (AvgIpc) is 3.87. The van der Waals surface area contributed by atoms with E-state index in [0.29, 0.717) is 51.0 Å². The Labute approximate surface area is 246 Å². The molecule has 0 bridgehead atoms. The van der Waals surface area contributed by atoms with Gasteiger partial charge >= 0.3 is 0 Å². The van der Waals surface area contributed by atoms with E-state index in [1.165, 1.54) is 0 Å². The molecule has 3 aliphatic heterocycles. The molecule has 41 heavy (non-hydrogen) atoms. The second kappa shape index (κ2) is 17.7. The highest BCUT2D eigenvalue weighted by Crippen LogP contribution is 2.18. The lowest BCUT2D eigenvalue weighted by atomic mass is 10.3. The molecule has 0 amide bonds. The lowest BCUT2D eigenvalue weighted by Crippen LogP contribution is -2.36. The van der Waals surface area contributed by atoms with Gasteiger partial charge in [-0.25, -0.2) is 0 Å². The standard InChI is InChI=1S/C29H57N3O9/c1-20-7-30(20)10-26(33)16-36-13-23(4)38-18-28(41-25(6)15-40-29(35)12-32-9-22(32)3)19-39-24(5)14-37-17-27(34)11-31-8-21(31)2/h20-29,33-35H,7-19H2,1-6H3. The van der Waals surface area contributed by atoms with Crippen molar-refractivity contribution in [2.45, 2.75) is 103 Å². The van der Waals surface area contributed by atoms with Gasteiger partial charge in [0.2, 0.25) is 0 Å². The predicted molar refractivity (Wildman–Crippen MR) is 154 cm³/mol. The maximum atomic E-state index is 10.1. The van der Waals surface area contributed by atoms with Crippen LogP contribution in [0.15, 0.2) is 0 Å². The zero-order valence-corrected chi connectivity index (χ0v) is 26.1. The number of rotatable bonds is 25. The molecule has 242 valence electrons. The summed E-state index contributed by atoms with van der Waals surface area (Å²) in [5.74, 6) is 0. The molecule has 12 heteroatoms. The molecular weight excluding hydrogens is 534 g/mol. The number of hydrogen-bond donors (Lipinski definition) is 3. The summed E-state index contributed by atoms with van der Waals surface area (Å²) in [6, 6.07) is 1.61. The summed E-state index contributed by atoms with van der Waals surface area (Å²) in [6.07, 6.45) is -2.90. The number of nitrogens with zero attached hydrogens (tertiary/aromatic N) is 3. The van der Waals surface area contributed by atoms with Crippen LogP contribution in [0.5, 0.6) is 0 Å². The summed E-state index contributed by atoms with van der Waals surface area (Å²) in [6.45, 7) is 19.1. The van der Waals surface area contributed by atoms with E-state index >= 15 is 0 Å². The zero-order valence-electron chi connectivity index (χ0n) is 26.1. The van der Waals surface area contributed by atoms with Crippen molar-refractivity contribution < 1.29 is 43.7 Å². The Hall–Kier alpha value is -0.480. The fraction of sp³-hybridized carbons (Fsp3) is 1.00. The quantitative estimate of drug-likeness (QED) is 0.0960. The predicted octanol–water partition coefficient (Wildman–Crippen LogP) is -0.227. The molecule has 0 spiro atoms. The third-order valence-corrected chi connectivity index (χ3v) is 7.65. The van der Waals surface area contributed by atoms with Crippen molar-refractivity contribution >= 4 is 0 Å². The molecule has 0 aromatic carbocycles. The summed E-state index contributed by atoms with van der Waals surface area (Å²) >= 11 is 0. The largest absolute Gasteiger partial charge is 0.389 e. The lowest BCUT2D eigenvalue weighted by Gasteiger charge is -2.26. The zero-order chi connectivity index (χ0) is 29.9. The highest BCUT2D eigenvalue weighted by atomic mass is 16.6. The maximum absolute atomic E-state index is 10.1. The first-order chi connectivity index (χ1) is 19.5. The summed E-state index contributed by atoms with van der Waals surface area (Å²) in [4.78, 5) is 6.54. The molecule has 3 heterocycles. The van der Waals surface area contributed by atoms with Crippen LogP contribution in [0, 0.1) is 0 Å². The number of hydrogen-bond acceptors (Lipinski definition) is 12. The van der Waals surface area contributed by atoms with Crippen LogP contribution in [0.2, 0.25) is 0 Å². The molecular formula is C29H57N3O9. The molecule has 3 fully saturated rings. The fourth-order valence-corrected chi connectivity index (χ4v) is 4.66. The Balaban J connectivity index is 1.33. The third kappa shape index (κ3) is 15.2. The van der Waals surface area contributed by atoms with Crippen molar-refractivity contribution in [2.24, 2.45) is 0 Å². The Morgan fingerprint density at radius 2 is 0.976 bits per heavy atom. The second-order valence-electron chi connectivity index (χ2n) is 12.4. The van der Waals surface area contributed by atoms with Gasteiger partial charge in [-0.3, -0.25) is 14.7 Å². The van der Waals surface area contributed by atoms with Gasteiger partial charge in [-0.1, -0.05) is 0 Å². The van der Waals surface area contributed by atoms with Crippen molar-refractivity contribution in [2.75, 3.05) is 85.5 Å². The highest BCUT2D eigenvalue weighted by molar-refractivity contribution is 4.87. The smallest absolute Gasteiger partial charge is 0.167 e. The normalized spacial score (nSPS) is 32.1. The third-order valence-electron chi connectivity index (χ3n) is 7.65. The average molecular weight is 592 g/mol. The van der Waals surface area contributed by atoms with E-state index in [1.54, 1.807) is 0 Å². The number of ether oxygens (including phenoxy) is 6. The number of β-amino-alcohol motifs (C(OH)–C–C–N with tert-alkyl or cyclic N) is 3. The van der Waals surface area contributed by atoms with Crippen molar-refractivity contribution in [3.05, 3.63) is 0 Å². The minimum atomic E-state index is -0.850. The summed E-state index contributed by atoms with van der Waals surface area (Å²) in [7, 11) is 0. The second-order valence-corrected chi connectivity index (χ2v) is 12.4. The molecule has 0 aliphatic carbocycles. The van der Waals surface area contributed by atoms with Crippen molar-refractivity contribution in [1.29, 1.82) is 0 Å². The van der Waals surface area contributed by atoms with Crippen LogP contribution in [0.3, 0.4) is 0 Å². The van der Waals surface area contributed by atoms with Gasteiger partial charge < -0.3 is 43.7 Å². The van der Waals surface area contributed by atoms with Gasteiger partial charge in [0.1, 0.15) is 6.10 Å². The van der Waals surface area contributed by atoms with Gasteiger partial charge in [0.15, 0.2) is 6.29 Å². The first-order valence-electron chi connectivity index (χ1n) is 15.4.